The third-order valence-electron chi connectivity index (χ3n) is 3.98. The summed E-state index contributed by atoms with van der Waals surface area (Å²) in [6.07, 6.45) is 0. The minimum Gasteiger partial charge on any atom is -0.494 e. The fourth-order valence-corrected chi connectivity index (χ4v) is 3.16. The van der Waals surface area contributed by atoms with Crippen molar-refractivity contribution in [1.29, 1.82) is 0 Å². The second-order valence-electron chi connectivity index (χ2n) is 5.80. The second-order valence-corrected chi connectivity index (χ2v) is 6.57. The molecular formula is C19H16Cl2FN3O2. The standard InChI is InChI=1S/C19H16Cl2FN3O2/c1-11-17(19(26)23-13-7-8-16(27-2)15(22)9-13)18(21)25(24-11)10-12-5-3-4-6-14(12)20/h3-9H,10H2,1-2H3,(H,23,26). The number of benzene rings is 2. The zero-order valence-electron chi connectivity index (χ0n) is 14.6. The molecule has 0 fully saturated rings. The van der Waals surface area contributed by atoms with Crippen molar-refractivity contribution in [3.63, 3.8) is 0 Å². The van der Waals surface area contributed by atoms with Crippen molar-refractivity contribution in [3.05, 3.63) is 75.3 Å². The lowest BCUT2D eigenvalue weighted by atomic mass is 10.2. The number of aromatic nitrogens is 2. The van der Waals surface area contributed by atoms with Crippen LogP contribution in [0.15, 0.2) is 42.5 Å². The number of methoxy groups -OCH3 is 1. The van der Waals surface area contributed by atoms with Crippen LogP contribution in [0.1, 0.15) is 21.6 Å². The molecule has 8 heteroatoms. The number of carbonyl (C=O) groups is 1. The molecule has 0 saturated carbocycles. The van der Waals surface area contributed by atoms with E-state index in [1.54, 1.807) is 13.0 Å². The normalized spacial score (nSPS) is 10.7. The van der Waals surface area contributed by atoms with Crippen LogP contribution in [0.5, 0.6) is 5.75 Å². The minimum absolute atomic E-state index is 0.0924. The number of rotatable bonds is 5. The minimum atomic E-state index is -0.576. The van der Waals surface area contributed by atoms with Crippen molar-refractivity contribution in [2.24, 2.45) is 0 Å². The average molecular weight is 408 g/mol. The van der Waals surface area contributed by atoms with Crippen molar-refractivity contribution in [1.82, 2.24) is 9.78 Å². The number of nitrogens with one attached hydrogen (secondary N) is 1. The van der Waals surface area contributed by atoms with Gasteiger partial charge in [0.25, 0.3) is 5.91 Å². The van der Waals surface area contributed by atoms with Crippen LogP contribution in [0, 0.1) is 12.7 Å². The van der Waals surface area contributed by atoms with Crippen LogP contribution in [0.3, 0.4) is 0 Å². The number of hydrogen-bond acceptors (Lipinski definition) is 3. The summed E-state index contributed by atoms with van der Waals surface area (Å²) in [6, 6.07) is 11.5. The number of hydrogen-bond donors (Lipinski definition) is 1. The van der Waals surface area contributed by atoms with E-state index >= 15 is 0 Å². The molecule has 1 aromatic heterocycles. The zero-order valence-corrected chi connectivity index (χ0v) is 16.1. The molecule has 0 atom stereocenters. The summed E-state index contributed by atoms with van der Waals surface area (Å²) in [5, 5.41) is 7.71. The van der Waals surface area contributed by atoms with Gasteiger partial charge in [-0.25, -0.2) is 9.07 Å². The molecule has 0 aliphatic rings. The predicted molar refractivity (Wildman–Crippen MR) is 103 cm³/mol. The van der Waals surface area contributed by atoms with Gasteiger partial charge in [0.05, 0.1) is 24.9 Å². The number of halogens is 3. The Bertz CT molecular complexity index is 1000. The smallest absolute Gasteiger partial charge is 0.260 e. The van der Waals surface area contributed by atoms with Crippen LogP contribution >= 0.6 is 23.2 Å². The van der Waals surface area contributed by atoms with Gasteiger partial charge in [-0.2, -0.15) is 5.10 Å². The Kier molecular flexibility index (Phi) is 5.68. The highest BCUT2D eigenvalue weighted by Crippen LogP contribution is 2.25. The summed E-state index contributed by atoms with van der Waals surface area (Å²) in [4.78, 5) is 12.6. The molecule has 0 spiro atoms. The number of ether oxygens (including phenoxy) is 1. The molecule has 1 heterocycles. The van der Waals surface area contributed by atoms with Crippen molar-refractivity contribution < 1.29 is 13.9 Å². The Balaban J connectivity index is 1.84. The lowest BCUT2D eigenvalue weighted by Crippen LogP contribution is -2.13. The molecule has 27 heavy (non-hydrogen) atoms. The van der Waals surface area contributed by atoms with E-state index in [0.29, 0.717) is 17.3 Å². The maximum atomic E-state index is 13.8. The largest absolute Gasteiger partial charge is 0.494 e. The van der Waals surface area contributed by atoms with Gasteiger partial charge in [-0.05, 0) is 30.7 Å². The van der Waals surface area contributed by atoms with Gasteiger partial charge in [0.1, 0.15) is 5.15 Å². The highest BCUT2D eigenvalue weighted by Gasteiger charge is 2.21. The Morgan fingerprint density at radius 3 is 2.67 bits per heavy atom. The Hall–Kier alpha value is -2.57. The molecule has 3 aromatic rings. The average Bonchev–Trinajstić information content (AvgIpc) is 2.90. The van der Waals surface area contributed by atoms with Crippen LogP contribution in [-0.4, -0.2) is 22.8 Å². The molecule has 0 saturated heterocycles. The third kappa shape index (κ3) is 4.07. The summed E-state index contributed by atoms with van der Waals surface area (Å²) < 4.78 is 20.2. The highest BCUT2D eigenvalue weighted by atomic mass is 35.5. The molecule has 2 aromatic carbocycles. The first-order valence-electron chi connectivity index (χ1n) is 8.02. The van der Waals surface area contributed by atoms with Gasteiger partial charge in [0, 0.05) is 16.8 Å². The quantitative estimate of drug-likeness (QED) is 0.650. The maximum Gasteiger partial charge on any atom is 0.260 e. The van der Waals surface area contributed by atoms with Crippen molar-refractivity contribution in [3.8, 4) is 5.75 Å². The maximum absolute atomic E-state index is 13.8. The number of carbonyl (C=O) groups excluding carboxylic acids is 1. The summed E-state index contributed by atoms with van der Waals surface area (Å²) in [6.45, 7) is 2.00. The Morgan fingerprint density at radius 1 is 1.26 bits per heavy atom. The van der Waals surface area contributed by atoms with Crippen LogP contribution in [-0.2, 0) is 6.54 Å². The monoisotopic (exact) mass is 407 g/mol. The first kappa shape index (κ1) is 19.2. The predicted octanol–water partition coefficient (Wildman–Crippen LogP) is 4.95. The van der Waals surface area contributed by atoms with Gasteiger partial charge in [-0.15, -0.1) is 0 Å². The van der Waals surface area contributed by atoms with Crippen LogP contribution < -0.4 is 10.1 Å². The van der Waals surface area contributed by atoms with Crippen LogP contribution in [0.25, 0.3) is 0 Å². The fourth-order valence-electron chi connectivity index (χ4n) is 2.64. The highest BCUT2D eigenvalue weighted by molar-refractivity contribution is 6.34. The fraction of sp³-hybridized carbons (Fsp3) is 0.158. The van der Waals surface area contributed by atoms with Gasteiger partial charge < -0.3 is 10.1 Å². The summed E-state index contributed by atoms with van der Waals surface area (Å²) in [5.41, 5.74) is 1.79. The van der Waals surface area contributed by atoms with Gasteiger partial charge in [0.15, 0.2) is 11.6 Å². The topological polar surface area (TPSA) is 56.1 Å². The van der Waals surface area contributed by atoms with Crippen molar-refractivity contribution >= 4 is 34.8 Å². The molecule has 0 radical (unpaired) electrons. The number of nitrogens with zero attached hydrogens (tertiary/aromatic N) is 2. The van der Waals surface area contributed by atoms with E-state index in [0.717, 1.165) is 5.56 Å². The molecular weight excluding hydrogens is 392 g/mol. The van der Waals surface area contributed by atoms with Gasteiger partial charge >= 0.3 is 0 Å². The zero-order chi connectivity index (χ0) is 19.6. The number of amides is 1. The Labute approximate surface area is 165 Å². The van der Waals surface area contributed by atoms with Gasteiger partial charge in [-0.3, -0.25) is 4.79 Å². The molecule has 0 unspecified atom stereocenters. The van der Waals surface area contributed by atoms with E-state index in [-0.39, 0.29) is 22.2 Å². The lowest BCUT2D eigenvalue weighted by Gasteiger charge is -2.08. The first-order chi connectivity index (χ1) is 12.9. The molecule has 0 bridgehead atoms. The van der Waals surface area contributed by atoms with Gasteiger partial charge in [0.2, 0.25) is 0 Å². The molecule has 0 aliphatic heterocycles. The van der Waals surface area contributed by atoms with E-state index in [4.69, 9.17) is 27.9 Å². The first-order valence-corrected chi connectivity index (χ1v) is 8.77. The van der Waals surface area contributed by atoms with E-state index < -0.39 is 11.7 Å². The molecule has 1 N–H and O–H groups in total. The molecule has 140 valence electrons. The van der Waals surface area contributed by atoms with Crippen molar-refractivity contribution in [2.45, 2.75) is 13.5 Å². The molecule has 0 aliphatic carbocycles. The Morgan fingerprint density at radius 2 is 2.00 bits per heavy atom. The van der Waals surface area contributed by atoms with E-state index in [2.05, 4.69) is 10.4 Å². The lowest BCUT2D eigenvalue weighted by molar-refractivity contribution is 0.102. The van der Waals surface area contributed by atoms with E-state index in [9.17, 15) is 9.18 Å². The number of anilines is 1. The van der Waals surface area contributed by atoms with Crippen LogP contribution in [0.4, 0.5) is 10.1 Å². The molecule has 3 rings (SSSR count). The van der Waals surface area contributed by atoms with Crippen molar-refractivity contribution in [2.75, 3.05) is 12.4 Å². The molecule has 5 nitrogen and oxygen atoms in total. The SMILES string of the molecule is COc1ccc(NC(=O)c2c(C)nn(Cc3ccccc3Cl)c2Cl)cc1F. The van der Waals surface area contributed by atoms with E-state index in [1.165, 1.54) is 30.0 Å². The van der Waals surface area contributed by atoms with Crippen LogP contribution in [0.2, 0.25) is 10.2 Å². The summed E-state index contributed by atoms with van der Waals surface area (Å²) >= 11 is 12.5. The third-order valence-corrected chi connectivity index (χ3v) is 4.73. The molecule has 1 amide bonds. The van der Waals surface area contributed by atoms with Gasteiger partial charge in [-0.1, -0.05) is 41.4 Å². The second kappa shape index (κ2) is 7.98. The number of aryl methyl sites for hydroxylation is 1. The summed E-state index contributed by atoms with van der Waals surface area (Å²) in [5.74, 6) is -0.963. The van der Waals surface area contributed by atoms with E-state index in [1.807, 2.05) is 18.2 Å². The summed E-state index contributed by atoms with van der Waals surface area (Å²) in [7, 11) is 1.37.